The van der Waals surface area contributed by atoms with Gasteiger partial charge in [-0.2, -0.15) is 0 Å². The van der Waals surface area contributed by atoms with E-state index in [2.05, 4.69) is 32.9 Å². The zero-order valence-electron chi connectivity index (χ0n) is 10.1. The lowest BCUT2D eigenvalue weighted by atomic mass is 10.1. The molecule has 0 aromatic carbocycles. The van der Waals surface area contributed by atoms with Crippen molar-refractivity contribution in [1.29, 1.82) is 0 Å². The molecule has 2 rings (SSSR count). The molecule has 94 valence electrons. The van der Waals surface area contributed by atoms with Gasteiger partial charge < -0.3 is 4.90 Å². The molecule has 0 radical (unpaired) electrons. The molecule has 1 aliphatic carbocycles. The zero-order valence-corrected chi connectivity index (χ0v) is 12.5. The predicted octanol–water partition coefficient (Wildman–Crippen LogP) is 4.66. The van der Waals surface area contributed by atoms with E-state index in [1.807, 2.05) is 12.3 Å². The maximum Gasteiger partial charge on any atom is 0.147 e. The van der Waals surface area contributed by atoms with E-state index in [4.69, 9.17) is 11.6 Å². The van der Waals surface area contributed by atoms with Gasteiger partial charge in [0.25, 0.3) is 0 Å². The molecule has 4 heteroatoms. The minimum Gasteiger partial charge on any atom is -0.355 e. The molecule has 1 aromatic rings. The van der Waals surface area contributed by atoms with Crippen LogP contribution in [-0.4, -0.2) is 18.1 Å². The van der Waals surface area contributed by atoms with Crippen molar-refractivity contribution in [2.75, 3.05) is 11.9 Å². The first-order valence-electron chi connectivity index (χ1n) is 6.22. The van der Waals surface area contributed by atoms with E-state index in [9.17, 15) is 0 Å². The third-order valence-electron chi connectivity index (χ3n) is 3.49. The van der Waals surface area contributed by atoms with Crippen LogP contribution in [0.4, 0.5) is 5.82 Å². The van der Waals surface area contributed by atoms with Gasteiger partial charge in [0.15, 0.2) is 0 Å². The molecule has 1 heterocycles. The highest BCUT2D eigenvalue weighted by Gasteiger charge is 2.19. The molecule has 1 fully saturated rings. The van der Waals surface area contributed by atoms with Crippen molar-refractivity contribution >= 4 is 33.3 Å². The Labute approximate surface area is 116 Å². The van der Waals surface area contributed by atoms with Crippen molar-refractivity contribution in [2.24, 2.45) is 0 Å². The third kappa shape index (κ3) is 3.35. The number of pyridine rings is 1. The van der Waals surface area contributed by atoms with Crippen LogP contribution in [0.3, 0.4) is 0 Å². The van der Waals surface area contributed by atoms with Crippen LogP contribution in [0, 0.1) is 0 Å². The first-order valence-corrected chi connectivity index (χ1v) is 7.39. The van der Waals surface area contributed by atoms with Crippen molar-refractivity contribution < 1.29 is 0 Å². The molecule has 1 aliphatic rings. The van der Waals surface area contributed by atoms with Crippen LogP contribution in [0.15, 0.2) is 16.7 Å². The molecule has 0 unspecified atom stereocenters. The van der Waals surface area contributed by atoms with E-state index in [0.717, 1.165) is 15.3 Å². The highest BCUT2D eigenvalue weighted by molar-refractivity contribution is 9.10. The lowest BCUT2D eigenvalue weighted by Crippen LogP contribution is -2.31. The molecule has 0 amide bonds. The predicted molar refractivity (Wildman–Crippen MR) is 76.8 cm³/mol. The Bertz CT molecular complexity index is 376. The summed E-state index contributed by atoms with van der Waals surface area (Å²) in [6, 6.07) is 2.50. The topological polar surface area (TPSA) is 16.1 Å². The average Bonchev–Trinajstić information content (AvgIpc) is 2.56. The van der Waals surface area contributed by atoms with Crippen LogP contribution in [0.1, 0.15) is 38.5 Å². The molecule has 0 atom stereocenters. The molecule has 0 saturated heterocycles. The summed E-state index contributed by atoms with van der Waals surface area (Å²) in [6.07, 6.45) is 9.70. The monoisotopic (exact) mass is 316 g/mol. The summed E-state index contributed by atoms with van der Waals surface area (Å²) in [6.45, 7) is 0. The van der Waals surface area contributed by atoms with Gasteiger partial charge >= 0.3 is 0 Å². The summed E-state index contributed by atoms with van der Waals surface area (Å²) >= 11 is 9.64. The van der Waals surface area contributed by atoms with Crippen molar-refractivity contribution in [3.8, 4) is 0 Å². The third-order valence-corrected chi connectivity index (χ3v) is 4.21. The lowest BCUT2D eigenvalue weighted by Gasteiger charge is -2.28. The van der Waals surface area contributed by atoms with Gasteiger partial charge in [-0.3, -0.25) is 0 Å². The molecule has 1 saturated carbocycles. The molecule has 0 bridgehead atoms. The molecule has 0 N–H and O–H groups in total. The molecule has 1 aromatic heterocycles. The Morgan fingerprint density at radius 2 is 1.94 bits per heavy atom. The summed E-state index contributed by atoms with van der Waals surface area (Å²) < 4.78 is 0.931. The molecule has 0 aliphatic heterocycles. The highest BCUT2D eigenvalue weighted by atomic mass is 79.9. The van der Waals surface area contributed by atoms with Crippen LogP contribution in [0.25, 0.3) is 0 Å². The second kappa shape index (κ2) is 6.05. The van der Waals surface area contributed by atoms with Gasteiger partial charge in [-0.25, -0.2) is 4.98 Å². The van der Waals surface area contributed by atoms with Crippen molar-refractivity contribution in [2.45, 2.75) is 44.6 Å². The number of rotatable bonds is 2. The van der Waals surface area contributed by atoms with Crippen LogP contribution in [-0.2, 0) is 0 Å². The second-order valence-electron chi connectivity index (χ2n) is 4.72. The van der Waals surface area contributed by atoms with Gasteiger partial charge in [0.05, 0.1) is 5.02 Å². The Morgan fingerprint density at radius 1 is 1.29 bits per heavy atom. The Balaban J connectivity index is 2.14. The summed E-state index contributed by atoms with van der Waals surface area (Å²) in [5, 5.41) is 0.728. The van der Waals surface area contributed by atoms with Crippen molar-refractivity contribution in [3.05, 3.63) is 21.8 Å². The van der Waals surface area contributed by atoms with E-state index < -0.39 is 0 Å². The van der Waals surface area contributed by atoms with Gasteiger partial charge in [0.1, 0.15) is 5.82 Å². The number of nitrogens with zero attached hydrogens (tertiary/aromatic N) is 2. The van der Waals surface area contributed by atoms with Crippen molar-refractivity contribution in [3.63, 3.8) is 0 Å². The van der Waals surface area contributed by atoms with Gasteiger partial charge in [0.2, 0.25) is 0 Å². The van der Waals surface area contributed by atoms with Crippen LogP contribution >= 0.6 is 27.5 Å². The average molecular weight is 318 g/mol. The van der Waals surface area contributed by atoms with E-state index in [0.29, 0.717) is 6.04 Å². The van der Waals surface area contributed by atoms with E-state index in [1.54, 1.807) is 0 Å². The van der Waals surface area contributed by atoms with Gasteiger partial charge in [-0.1, -0.05) is 37.3 Å². The zero-order chi connectivity index (χ0) is 12.3. The molecule has 0 spiro atoms. The van der Waals surface area contributed by atoms with E-state index >= 15 is 0 Å². The second-order valence-corrected chi connectivity index (χ2v) is 6.04. The summed E-state index contributed by atoms with van der Waals surface area (Å²) in [4.78, 5) is 6.68. The number of halogens is 2. The lowest BCUT2D eigenvalue weighted by molar-refractivity contribution is 0.549. The minimum atomic E-state index is 0.587. The SMILES string of the molecule is CN(c1ncc(Br)cc1Cl)C1CCCCCC1. The quantitative estimate of drug-likeness (QED) is 0.738. The maximum absolute atomic E-state index is 6.25. The van der Waals surface area contributed by atoms with Gasteiger partial charge in [-0.05, 0) is 34.8 Å². The Morgan fingerprint density at radius 3 is 2.53 bits per heavy atom. The molecular weight excluding hydrogens is 300 g/mol. The molecule has 2 nitrogen and oxygen atoms in total. The largest absolute Gasteiger partial charge is 0.355 e. The molecular formula is C13H18BrClN2. The molecule has 17 heavy (non-hydrogen) atoms. The van der Waals surface area contributed by atoms with Gasteiger partial charge in [0, 0.05) is 23.8 Å². The normalized spacial score (nSPS) is 17.8. The fourth-order valence-corrected chi connectivity index (χ4v) is 3.25. The Hall–Kier alpha value is -0.280. The van der Waals surface area contributed by atoms with Crippen LogP contribution in [0.5, 0.6) is 0 Å². The highest BCUT2D eigenvalue weighted by Crippen LogP contribution is 2.30. The minimum absolute atomic E-state index is 0.587. The fraction of sp³-hybridized carbons (Fsp3) is 0.615. The number of aromatic nitrogens is 1. The number of hydrogen-bond acceptors (Lipinski definition) is 2. The summed E-state index contributed by atoms with van der Waals surface area (Å²) in [5.41, 5.74) is 0. The standard InChI is InChI=1S/C13H18BrClN2/c1-17(11-6-4-2-3-5-7-11)13-12(15)8-10(14)9-16-13/h8-9,11H,2-7H2,1H3. The Kier molecular flexibility index (Phi) is 4.69. The first kappa shape index (κ1) is 13.2. The van der Waals surface area contributed by atoms with E-state index in [-0.39, 0.29) is 0 Å². The number of anilines is 1. The first-order chi connectivity index (χ1) is 8.18. The van der Waals surface area contributed by atoms with Gasteiger partial charge in [-0.15, -0.1) is 0 Å². The summed E-state index contributed by atoms with van der Waals surface area (Å²) in [7, 11) is 2.11. The van der Waals surface area contributed by atoms with Crippen molar-refractivity contribution in [1.82, 2.24) is 4.98 Å². The number of hydrogen-bond donors (Lipinski definition) is 0. The van der Waals surface area contributed by atoms with Crippen LogP contribution < -0.4 is 4.90 Å². The maximum atomic E-state index is 6.25. The summed E-state index contributed by atoms with van der Waals surface area (Å²) in [5.74, 6) is 0.904. The fourth-order valence-electron chi connectivity index (χ4n) is 2.48. The van der Waals surface area contributed by atoms with Crippen LogP contribution in [0.2, 0.25) is 5.02 Å². The smallest absolute Gasteiger partial charge is 0.147 e. The van der Waals surface area contributed by atoms with E-state index in [1.165, 1.54) is 38.5 Å².